The Morgan fingerprint density at radius 1 is 1.25 bits per heavy atom. The lowest BCUT2D eigenvalue weighted by Crippen LogP contribution is -2.41. The van der Waals surface area contributed by atoms with Crippen LogP contribution >= 0.6 is 0 Å². The van der Waals surface area contributed by atoms with Crippen LogP contribution in [0.4, 0.5) is 0 Å². The Hall–Kier alpha value is -2.30. The fourth-order valence-corrected chi connectivity index (χ4v) is 3.04. The molecule has 24 heavy (non-hydrogen) atoms. The van der Waals surface area contributed by atoms with E-state index in [9.17, 15) is 0 Å². The molecule has 1 saturated carbocycles. The summed E-state index contributed by atoms with van der Waals surface area (Å²) in [5, 5.41) is 3.33. The lowest BCUT2D eigenvalue weighted by atomic mass is 9.96. The number of nitrogens with one attached hydrogen (secondary N) is 1. The van der Waals surface area contributed by atoms with Gasteiger partial charge in [0.1, 0.15) is 6.26 Å². The van der Waals surface area contributed by atoms with Crippen LogP contribution in [0, 0.1) is 6.92 Å². The zero-order valence-electron chi connectivity index (χ0n) is 14.3. The van der Waals surface area contributed by atoms with Crippen LogP contribution in [0.25, 0.3) is 11.5 Å². The first-order valence-electron chi connectivity index (χ1n) is 8.78. The highest BCUT2D eigenvalue weighted by atomic mass is 16.3. The van der Waals surface area contributed by atoms with Gasteiger partial charge < -0.3 is 15.5 Å². The van der Waals surface area contributed by atoms with Crippen molar-refractivity contribution in [2.75, 3.05) is 6.54 Å². The molecule has 1 aliphatic rings. The molecule has 5 heteroatoms. The smallest absolute Gasteiger partial charge is 0.226 e. The lowest BCUT2D eigenvalue weighted by Gasteiger charge is -2.23. The summed E-state index contributed by atoms with van der Waals surface area (Å²) >= 11 is 0. The van der Waals surface area contributed by atoms with E-state index in [4.69, 9.17) is 10.2 Å². The summed E-state index contributed by atoms with van der Waals surface area (Å²) in [4.78, 5) is 8.93. The van der Waals surface area contributed by atoms with Gasteiger partial charge in [0.05, 0.1) is 5.69 Å². The van der Waals surface area contributed by atoms with Gasteiger partial charge in [0, 0.05) is 24.6 Å². The van der Waals surface area contributed by atoms with Crippen molar-refractivity contribution in [1.29, 1.82) is 0 Å². The molecule has 0 saturated heterocycles. The molecule has 0 aliphatic heterocycles. The van der Waals surface area contributed by atoms with Gasteiger partial charge in [-0.05, 0) is 31.9 Å². The van der Waals surface area contributed by atoms with E-state index in [1.165, 1.54) is 37.7 Å². The van der Waals surface area contributed by atoms with Crippen molar-refractivity contribution in [3.05, 3.63) is 41.8 Å². The van der Waals surface area contributed by atoms with Crippen LogP contribution in [-0.2, 0) is 6.42 Å². The van der Waals surface area contributed by atoms with Crippen LogP contribution in [-0.4, -0.2) is 23.5 Å². The number of nitrogens with two attached hydrogens (primary N) is 1. The fourth-order valence-electron chi connectivity index (χ4n) is 3.04. The van der Waals surface area contributed by atoms with Crippen molar-refractivity contribution < 1.29 is 4.42 Å². The third-order valence-electron chi connectivity index (χ3n) is 4.46. The summed E-state index contributed by atoms with van der Waals surface area (Å²) in [6.07, 6.45) is 8.72. The number of aryl methyl sites for hydroxylation is 1. The molecule has 0 radical (unpaired) electrons. The Labute approximate surface area is 143 Å². The summed E-state index contributed by atoms with van der Waals surface area (Å²) in [6, 6.07) is 8.65. The highest BCUT2D eigenvalue weighted by Gasteiger charge is 2.13. The number of hydrogen-bond acceptors (Lipinski definition) is 3. The Morgan fingerprint density at radius 2 is 2.00 bits per heavy atom. The van der Waals surface area contributed by atoms with Crippen molar-refractivity contribution in [2.45, 2.75) is 51.5 Å². The van der Waals surface area contributed by atoms with E-state index in [0.717, 1.165) is 17.7 Å². The largest absolute Gasteiger partial charge is 0.444 e. The second kappa shape index (κ2) is 7.99. The topological polar surface area (TPSA) is 76.4 Å². The summed E-state index contributed by atoms with van der Waals surface area (Å²) < 4.78 is 5.56. The van der Waals surface area contributed by atoms with Crippen LogP contribution in [0.3, 0.4) is 0 Å². The minimum atomic E-state index is 0.489. The fraction of sp³-hybridized carbons (Fsp3) is 0.474. The molecule has 0 amide bonds. The van der Waals surface area contributed by atoms with Gasteiger partial charge >= 0.3 is 0 Å². The van der Waals surface area contributed by atoms with Gasteiger partial charge in [-0.25, -0.2) is 4.98 Å². The normalized spacial score (nSPS) is 16.3. The first kappa shape index (κ1) is 16.6. The molecule has 0 unspecified atom stereocenters. The van der Waals surface area contributed by atoms with Gasteiger partial charge in [-0.1, -0.05) is 37.0 Å². The van der Waals surface area contributed by atoms with Crippen LogP contribution in [0.15, 0.2) is 39.9 Å². The average Bonchev–Trinajstić information content (AvgIpc) is 3.05. The molecule has 2 aromatic rings. The van der Waals surface area contributed by atoms with E-state index >= 15 is 0 Å². The molecule has 0 atom stereocenters. The summed E-state index contributed by atoms with van der Waals surface area (Å²) in [5.74, 6) is 1.20. The number of aliphatic imine (C=N–C) groups is 1. The lowest BCUT2D eigenvalue weighted by molar-refractivity contribution is 0.412. The predicted octanol–water partition coefficient (Wildman–Crippen LogP) is 3.43. The molecule has 5 nitrogen and oxygen atoms in total. The van der Waals surface area contributed by atoms with E-state index < -0.39 is 0 Å². The molecule has 1 fully saturated rings. The molecule has 0 bridgehead atoms. The molecule has 1 aromatic heterocycles. The molecule has 1 aromatic carbocycles. The quantitative estimate of drug-likeness (QED) is 0.652. The van der Waals surface area contributed by atoms with E-state index in [1.807, 2.05) is 12.1 Å². The predicted molar refractivity (Wildman–Crippen MR) is 96.9 cm³/mol. The summed E-state index contributed by atoms with van der Waals surface area (Å²) in [6.45, 7) is 2.68. The minimum Gasteiger partial charge on any atom is -0.444 e. The molecule has 3 N–H and O–H groups in total. The second-order valence-electron chi connectivity index (χ2n) is 6.51. The molecule has 1 heterocycles. The summed E-state index contributed by atoms with van der Waals surface area (Å²) in [5.41, 5.74) is 9.09. The Morgan fingerprint density at radius 3 is 2.75 bits per heavy atom. The zero-order chi connectivity index (χ0) is 16.8. The van der Waals surface area contributed by atoms with Crippen LogP contribution in [0.1, 0.15) is 43.4 Å². The third kappa shape index (κ3) is 4.60. The Bertz CT molecular complexity index is 669. The average molecular weight is 326 g/mol. The number of aromatic nitrogens is 1. The maximum absolute atomic E-state index is 5.97. The van der Waals surface area contributed by atoms with Crippen molar-refractivity contribution in [3.63, 3.8) is 0 Å². The first-order valence-corrected chi connectivity index (χ1v) is 8.78. The standard InChI is InChI=1S/C19H26N4O/c1-14-7-9-15(10-8-14)18-22-17(13-24-18)11-12-21-19(20)23-16-5-3-2-4-6-16/h7-10,13,16H,2-6,11-12H2,1H3,(H3,20,21,23). The number of nitrogens with zero attached hydrogens (tertiary/aromatic N) is 2. The Balaban J connectivity index is 1.49. The maximum atomic E-state index is 5.97. The van der Waals surface area contributed by atoms with Crippen LogP contribution in [0.5, 0.6) is 0 Å². The summed E-state index contributed by atoms with van der Waals surface area (Å²) in [7, 11) is 0. The number of oxazole rings is 1. The zero-order valence-corrected chi connectivity index (χ0v) is 14.3. The monoisotopic (exact) mass is 326 g/mol. The number of guanidine groups is 1. The Kier molecular flexibility index (Phi) is 5.51. The molecular formula is C19H26N4O. The molecular weight excluding hydrogens is 300 g/mol. The van der Waals surface area contributed by atoms with Crippen molar-refractivity contribution in [2.24, 2.45) is 10.7 Å². The van der Waals surface area contributed by atoms with Crippen molar-refractivity contribution in [3.8, 4) is 11.5 Å². The van der Waals surface area contributed by atoms with E-state index in [2.05, 4.69) is 34.3 Å². The number of benzene rings is 1. The van der Waals surface area contributed by atoms with Gasteiger partial charge in [0.15, 0.2) is 5.96 Å². The van der Waals surface area contributed by atoms with E-state index in [-0.39, 0.29) is 0 Å². The SMILES string of the molecule is Cc1ccc(-c2nc(CCN=C(N)NC3CCCCC3)co2)cc1. The van der Waals surface area contributed by atoms with Gasteiger partial charge in [-0.2, -0.15) is 0 Å². The number of rotatable bonds is 5. The third-order valence-corrected chi connectivity index (χ3v) is 4.46. The highest BCUT2D eigenvalue weighted by molar-refractivity contribution is 5.78. The second-order valence-corrected chi connectivity index (χ2v) is 6.51. The van der Waals surface area contributed by atoms with Gasteiger partial charge in [0.2, 0.25) is 5.89 Å². The molecule has 1 aliphatic carbocycles. The molecule has 3 rings (SSSR count). The van der Waals surface area contributed by atoms with Crippen molar-refractivity contribution >= 4 is 5.96 Å². The van der Waals surface area contributed by atoms with Crippen LogP contribution in [0.2, 0.25) is 0 Å². The van der Waals surface area contributed by atoms with Crippen LogP contribution < -0.4 is 11.1 Å². The van der Waals surface area contributed by atoms with E-state index in [1.54, 1.807) is 6.26 Å². The molecule has 0 spiro atoms. The van der Waals surface area contributed by atoms with Gasteiger partial charge in [-0.3, -0.25) is 4.99 Å². The minimum absolute atomic E-state index is 0.489. The van der Waals surface area contributed by atoms with Crippen molar-refractivity contribution in [1.82, 2.24) is 10.3 Å². The first-order chi connectivity index (χ1) is 11.7. The number of hydrogen-bond donors (Lipinski definition) is 2. The van der Waals surface area contributed by atoms with E-state index in [0.29, 0.717) is 24.4 Å². The van der Waals surface area contributed by atoms with Gasteiger partial charge in [-0.15, -0.1) is 0 Å². The molecule has 128 valence electrons. The maximum Gasteiger partial charge on any atom is 0.226 e. The van der Waals surface area contributed by atoms with Gasteiger partial charge in [0.25, 0.3) is 0 Å². The highest BCUT2D eigenvalue weighted by Crippen LogP contribution is 2.19.